The molecular formula is C13H19NO2. The summed E-state index contributed by atoms with van der Waals surface area (Å²) >= 11 is 0. The molecule has 0 heterocycles. The van der Waals surface area contributed by atoms with Crippen LogP contribution in [0.1, 0.15) is 23.1 Å². The van der Waals surface area contributed by atoms with Crippen LogP contribution in [0.15, 0.2) is 18.2 Å². The number of carboxylic acid groups (broad SMARTS) is 1. The van der Waals surface area contributed by atoms with Crippen LogP contribution in [0.2, 0.25) is 0 Å². The second kappa shape index (κ2) is 6.28. The van der Waals surface area contributed by atoms with Crippen LogP contribution in [0, 0.1) is 13.8 Å². The van der Waals surface area contributed by atoms with Crippen molar-refractivity contribution in [3.05, 3.63) is 34.9 Å². The Kier molecular flexibility index (Phi) is 4.99. The molecular weight excluding hydrogens is 202 g/mol. The maximum Gasteiger partial charge on any atom is 0.304 e. The van der Waals surface area contributed by atoms with Gasteiger partial charge in [-0.1, -0.05) is 18.2 Å². The standard InChI is InChI=1S/C13H19NO2/c1-10-3-4-12(9-11(10)2)5-7-14-8-6-13(15)16/h3-4,9,14H,5-8H2,1-2H3,(H,15,16). The third kappa shape index (κ3) is 4.45. The van der Waals surface area contributed by atoms with Crippen LogP contribution in [-0.4, -0.2) is 24.2 Å². The Balaban J connectivity index is 2.27. The zero-order valence-electron chi connectivity index (χ0n) is 9.92. The highest BCUT2D eigenvalue weighted by Gasteiger charge is 1.98. The quantitative estimate of drug-likeness (QED) is 0.721. The summed E-state index contributed by atoms with van der Waals surface area (Å²) < 4.78 is 0. The van der Waals surface area contributed by atoms with E-state index in [-0.39, 0.29) is 6.42 Å². The Morgan fingerprint density at radius 2 is 2.00 bits per heavy atom. The molecule has 0 atom stereocenters. The van der Waals surface area contributed by atoms with Gasteiger partial charge in [0.15, 0.2) is 0 Å². The SMILES string of the molecule is Cc1ccc(CCNCCC(=O)O)cc1C. The van der Waals surface area contributed by atoms with Crippen molar-refractivity contribution in [2.45, 2.75) is 26.7 Å². The summed E-state index contributed by atoms with van der Waals surface area (Å²) in [5.74, 6) is -0.751. The van der Waals surface area contributed by atoms with E-state index in [1.165, 1.54) is 16.7 Å². The summed E-state index contributed by atoms with van der Waals surface area (Å²) in [6, 6.07) is 6.44. The number of aliphatic carboxylic acids is 1. The van der Waals surface area contributed by atoms with E-state index in [0.29, 0.717) is 6.54 Å². The van der Waals surface area contributed by atoms with Crippen LogP contribution in [0.5, 0.6) is 0 Å². The lowest BCUT2D eigenvalue weighted by molar-refractivity contribution is -0.136. The Hall–Kier alpha value is -1.35. The van der Waals surface area contributed by atoms with Gasteiger partial charge in [0.1, 0.15) is 0 Å². The summed E-state index contributed by atoms with van der Waals surface area (Å²) in [4.78, 5) is 10.3. The van der Waals surface area contributed by atoms with Gasteiger partial charge >= 0.3 is 5.97 Å². The maximum atomic E-state index is 10.3. The van der Waals surface area contributed by atoms with E-state index in [9.17, 15) is 4.79 Å². The molecule has 88 valence electrons. The summed E-state index contributed by atoms with van der Waals surface area (Å²) in [6.07, 6.45) is 1.13. The molecule has 0 aliphatic rings. The molecule has 3 heteroatoms. The largest absolute Gasteiger partial charge is 0.481 e. The van der Waals surface area contributed by atoms with E-state index in [4.69, 9.17) is 5.11 Å². The first kappa shape index (κ1) is 12.7. The molecule has 1 aromatic carbocycles. The molecule has 2 N–H and O–H groups in total. The highest BCUT2D eigenvalue weighted by molar-refractivity contribution is 5.66. The van der Waals surface area contributed by atoms with E-state index in [1.54, 1.807) is 0 Å². The van der Waals surface area contributed by atoms with E-state index in [2.05, 4.69) is 37.4 Å². The van der Waals surface area contributed by atoms with Crippen molar-refractivity contribution in [1.82, 2.24) is 5.32 Å². The van der Waals surface area contributed by atoms with E-state index in [0.717, 1.165) is 13.0 Å². The fourth-order valence-corrected chi connectivity index (χ4v) is 1.51. The summed E-state index contributed by atoms with van der Waals surface area (Å²) in [5.41, 5.74) is 3.91. The smallest absolute Gasteiger partial charge is 0.304 e. The van der Waals surface area contributed by atoms with Crippen LogP contribution in [0.4, 0.5) is 0 Å². The van der Waals surface area contributed by atoms with Gasteiger partial charge in [0.05, 0.1) is 6.42 Å². The minimum Gasteiger partial charge on any atom is -0.481 e. The van der Waals surface area contributed by atoms with Crippen LogP contribution in [-0.2, 0) is 11.2 Å². The van der Waals surface area contributed by atoms with Crippen molar-refractivity contribution in [2.24, 2.45) is 0 Å². The third-order valence-electron chi connectivity index (χ3n) is 2.68. The molecule has 0 saturated carbocycles. The Bertz CT molecular complexity index is 361. The first-order chi connectivity index (χ1) is 7.59. The monoisotopic (exact) mass is 221 g/mol. The highest BCUT2D eigenvalue weighted by Crippen LogP contribution is 2.09. The molecule has 0 aromatic heterocycles. The topological polar surface area (TPSA) is 49.3 Å². The summed E-state index contributed by atoms with van der Waals surface area (Å²) in [5, 5.41) is 11.6. The van der Waals surface area contributed by atoms with Gasteiger partial charge in [-0.05, 0) is 43.5 Å². The van der Waals surface area contributed by atoms with Crippen molar-refractivity contribution in [3.8, 4) is 0 Å². The van der Waals surface area contributed by atoms with E-state index < -0.39 is 5.97 Å². The zero-order chi connectivity index (χ0) is 12.0. The van der Waals surface area contributed by atoms with Gasteiger partial charge in [0.25, 0.3) is 0 Å². The number of benzene rings is 1. The number of hydrogen-bond acceptors (Lipinski definition) is 2. The van der Waals surface area contributed by atoms with Crippen LogP contribution in [0.25, 0.3) is 0 Å². The zero-order valence-corrected chi connectivity index (χ0v) is 9.92. The van der Waals surface area contributed by atoms with Gasteiger partial charge in [-0.15, -0.1) is 0 Å². The molecule has 1 rings (SSSR count). The molecule has 0 unspecified atom stereocenters. The number of aryl methyl sites for hydroxylation is 2. The molecule has 1 aromatic rings. The van der Waals surface area contributed by atoms with Gasteiger partial charge < -0.3 is 10.4 Å². The van der Waals surface area contributed by atoms with Gasteiger partial charge in [0.2, 0.25) is 0 Å². The fraction of sp³-hybridized carbons (Fsp3) is 0.462. The number of nitrogens with one attached hydrogen (secondary N) is 1. The molecule has 0 aliphatic heterocycles. The van der Waals surface area contributed by atoms with Crippen molar-refractivity contribution in [2.75, 3.05) is 13.1 Å². The second-order valence-corrected chi connectivity index (χ2v) is 4.06. The van der Waals surface area contributed by atoms with Gasteiger partial charge in [-0.2, -0.15) is 0 Å². The number of rotatable bonds is 6. The van der Waals surface area contributed by atoms with Gasteiger partial charge in [0, 0.05) is 6.54 Å². The molecule has 3 nitrogen and oxygen atoms in total. The lowest BCUT2D eigenvalue weighted by atomic mass is 10.0. The molecule has 0 saturated heterocycles. The highest BCUT2D eigenvalue weighted by atomic mass is 16.4. The third-order valence-corrected chi connectivity index (χ3v) is 2.68. The van der Waals surface area contributed by atoms with Gasteiger partial charge in [-0.3, -0.25) is 4.79 Å². The molecule has 0 radical (unpaired) electrons. The lowest BCUT2D eigenvalue weighted by Gasteiger charge is -2.06. The molecule has 0 aliphatic carbocycles. The van der Waals surface area contributed by atoms with Crippen molar-refractivity contribution >= 4 is 5.97 Å². The predicted molar refractivity (Wildman–Crippen MR) is 64.7 cm³/mol. The van der Waals surface area contributed by atoms with Gasteiger partial charge in [-0.25, -0.2) is 0 Å². The summed E-state index contributed by atoms with van der Waals surface area (Å²) in [6.45, 7) is 5.58. The molecule has 0 fully saturated rings. The maximum absolute atomic E-state index is 10.3. The van der Waals surface area contributed by atoms with Crippen LogP contribution < -0.4 is 5.32 Å². The minimum atomic E-state index is -0.751. The first-order valence-corrected chi connectivity index (χ1v) is 5.58. The molecule has 0 amide bonds. The average molecular weight is 221 g/mol. The van der Waals surface area contributed by atoms with Crippen molar-refractivity contribution in [3.63, 3.8) is 0 Å². The second-order valence-electron chi connectivity index (χ2n) is 4.06. The summed E-state index contributed by atoms with van der Waals surface area (Å²) in [7, 11) is 0. The van der Waals surface area contributed by atoms with Crippen LogP contribution >= 0.6 is 0 Å². The Morgan fingerprint density at radius 1 is 1.25 bits per heavy atom. The van der Waals surface area contributed by atoms with E-state index in [1.807, 2.05) is 0 Å². The van der Waals surface area contributed by atoms with E-state index >= 15 is 0 Å². The normalized spacial score (nSPS) is 10.4. The number of hydrogen-bond donors (Lipinski definition) is 2. The lowest BCUT2D eigenvalue weighted by Crippen LogP contribution is -2.20. The molecule has 0 bridgehead atoms. The fourth-order valence-electron chi connectivity index (χ4n) is 1.51. The van der Waals surface area contributed by atoms with Crippen LogP contribution in [0.3, 0.4) is 0 Å². The minimum absolute atomic E-state index is 0.187. The molecule has 16 heavy (non-hydrogen) atoms. The predicted octanol–water partition coefficient (Wildman–Crippen LogP) is 1.91. The molecule has 0 spiro atoms. The average Bonchev–Trinajstić information content (AvgIpc) is 2.22. The van der Waals surface area contributed by atoms with Crippen molar-refractivity contribution in [1.29, 1.82) is 0 Å². The Morgan fingerprint density at radius 3 is 2.62 bits per heavy atom. The Labute approximate surface area is 96.5 Å². The number of carbonyl (C=O) groups is 1. The first-order valence-electron chi connectivity index (χ1n) is 5.58. The van der Waals surface area contributed by atoms with Crippen molar-refractivity contribution < 1.29 is 9.90 Å². The number of carboxylic acids is 1.